The van der Waals surface area contributed by atoms with Gasteiger partial charge in [-0.05, 0) is 44.7 Å². The van der Waals surface area contributed by atoms with Gasteiger partial charge in [-0.15, -0.1) is 0 Å². The van der Waals surface area contributed by atoms with Crippen LogP contribution in [-0.2, 0) is 0 Å². The van der Waals surface area contributed by atoms with Gasteiger partial charge in [-0.3, -0.25) is 4.79 Å². The Morgan fingerprint density at radius 1 is 1.47 bits per heavy atom. The average molecular weight is 235 g/mol. The van der Waals surface area contributed by atoms with Crippen molar-refractivity contribution in [2.24, 2.45) is 0 Å². The van der Waals surface area contributed by atoms with E-state index in [-0.39, 0.29) is 17.0 Å². The number of carbonyl (C=O) groups is 1. The zero-order chi connectivity index (χ0) is 12.5. The number of halogens is 1. The molecule has 1 aliphatic carbocycles. The van der Waals surface area contributed by atoms with Gasteiger partial charge in [-0.1, -0.05) is 18.6 Å². The molecule has 0 atom stereocenters. The Morgan fingerprint density at radius 2 is 2.18 bits per heavy atom. The van der Waals surface area contributed by atoms with Gasteiger partial charge < -0.3 is 5.32 Å². The molecule has 0 radical (unpaired) electrons. The van der Waals surface area contributed by atoms with Gasteiger partial charge in [0, 0.05) is 5.54 Å². The Bertz CT molecular complexity index is 432. The van der Waals surface area contributed by atoms with Crippen LogP contribution in [0.1, 0.15) is 48.5 Å². The number of aryl methyl sites for hydroxylation is 1. The van der Waals surface area contributed by atoms with Crippen LogP contribution in [0, 0.1) is 12.7 Å². The summed E-state index contributed by atoms with van der Waals surface area (Å²) in [6.45, 7) is 3.92. The maximum atomic E-state index is 13.6. The van der Waals surface area contributed by atoms with Crippen LogP contribution in [0.5, 0.6) is 0 Å². The maximum Gasteiger partial charge on any atom is 0.254 e. The van der Waals surface area contributed by atoms with E-state index in [0.29, 0.717) is 0 Å². The minimum atomic E-state index is -0.446. The van der Waals surface area contributed by atoms with Crippen molar-refractivity contribution in [3.05, 3.63) is 35.1 Å². The van der Waals surface area contributed by atoms with Crippen molar-refractivity contribution in [1.29, 1.82) is 0 Å². The lowest BCUT2D eigenvalue weighted by Crippen LogP contribution is -2.53. The quantitative estimate of drug-likeness (QED) is 0.856. The van der Waals surface area contributed by atoms with Crippen LogP contribution in [-0.4, -0.2) is 11.4 Å². The third-order valence-corrected chi connectivity index (χ3v) is 3.73. The van der Waals surface area contributed by atoms with Crippen LogP contribution >= 0.6 is 0 Å². The molecule has 1 saturated carbocycles. The number of carbonyl (C=O) groups excluding carboxylic acids is 1. The number of benzene rings is 1. The molecule has 92 valence electrons. The predicted molar refractivity (Wildman–Crippen MR) is 65.5 cm³/mol. The van der Waals surface area contributed by atoms with Crippen molar-refractivity contribution < 1.29 is 9.18 Å². The summed E-state index contributed by atoms with van der Waals surface area (Å²) in [4.78, 5) is 12.0. The Morgan fingerprint density at radius 3 is 2.71 bits per heavy atom. The molecule has 0 bridgehead atoms. The fourth-order valence-electron chi connectivity index (χ4n) is 2.29. The molecule has 2 nitrogen and oxygen atoms in total. The summed E-state index contributed by atoms with van der Waals surface area (Å²) >= 11 is 0. The third-order valence-electron chi connectivity index (χ3n) is 3.73. The van der Waals surface area contributed by atoms with E-state index in [2.05, 4.69) is 12.2 Å². The van der Waals surface area contributed by atoms with E-state index in [9.17, 15) is 9.18 Å². The molecule has 1 N–H and O–H groups in total. The van der Waals surface area contributed by atoms with E-state index in [1.54, 1.807) is 12.1 Å². The molecule has 1 aromatic carbocycles. The lowest BCUT2D eigenvalue weighted by molar-refractivity contribution is 0.0816. The van der Waals surface area contributed by atoms with E-state index in [4.69, 9.17) is 0 Å². The van der Waals surface area contributed by atoms with Crippen molar-refractivity contribution in [1.82, 2.24) is 5.32 Å². The lowest BCUT2D eigenvalue weighted by Gasteiger charge is -2.42. The monoisotopic (exact) mass is 235 g/mol. The molecule has 2 rings (SSSR count). The molecule has 0 saturated heterocycles. The SMILES string of the molecule is CCC1(NC(=O)c2cc(C)ccc2F)CCC1. The normalized spacial score (nSPS) is 17.4. The smallest absolute Gasteiger partial charge is 0.254 e. The number of hydrogen-bond acceptors (Lipinski definition) is 1. The number of hydrogen-bond donors (Lipinski definition) is 1. The van der Waals surface area contributed by atoms with Gasteiger partial charge in [0.05, 0.1) is 5.56 Å². The largest absolute Gasteiger partial charge is 0.347 e. The molecule has 0 heterocycles. The first-order valence-electron chi connectivity index (χ1n) is 6.15. The molecule has 17 heavy (non-hydrogen) atoms. The van der Waals surface area contributed by atoms with Crippen molar-refractivity contribution in [3.8, 4) is 0 Å². The van der Waals surface area contributed by atoms with Crippen LogP contribution < -0.4 is 5.32 Å². The summed E-state index contributed by atoms with van der Waals surface area (Å²) in [7, 11) is 0. The van der Waals surface area contributed by atoms with E-state index in [1.807, 2.05) is 6.92 Å². The lowest BCUT2D eigenvalue weighted by atomic mass is 9.74. The molecule has 1 fully saturated rings. The highest BCUT2D eigenvalue weighted by Crippen LogP contribution is 2.34. The molecule has 0 aliphatic heterocycles. The molecular formula is C14H18FNO. The van der Waals surface area contributed by atoms with Crippen LogP contribution in [0.15, 0.2) is 18.2 Å². The van der Waals surface area contributed by atoms with E-state index in [0.717, 1.165) is 31.2 Å². The molecule has 0 spiro atoms. The molecule has 1 aromatic rings. The third kappa shape index (κ3) is 2.33. The topological polar surface area (TPSA) is 29.1 Å². The second-order valence-electron chi connectivity index (χ2n) is 4.92. The Labute approximate surface area is 101 Å². The summed E-state index contributed by atoms with van der Waals surface area (Å²) in [5.74, 6) is -0.730. The molecule has 0 aromatic heterocycles. The van der Waals surface area contributed by atoms with Crippen LogP contribution in [0.4, 0.5) is 4.39 Å². The summed E-state index contributed by atoms with van der Waals surface area (Å²) in [5, 5.41) is 2.98. The van der Waals surface area contributed by atoms with Crippen LogP contribution in [0.25, 0.3) is 0 Å². The minimum Gasteiger partial charge on any atom is -0.347 e. The van der Waals surface area contributed by atoms with E-state index >= 15 is 0 Å². The maximum absolute atomic E-state index is 13.6. The van der Waals surface area contributed by atoms with Gasteiger partial charge in [-0.25, -0.2) is 4.39 Å². The highest BCUT2D eigenvalue weighted by Gasteiger charge is 2.36. The fraction of sp³-hybridized carbons (Fsp3) is 0.500. The summed E-state index contributed by atoms with van der Waals surface area (Å²) in [5.41, 5.74) is 0.966. The van der Waals surface area contributed by atoms with Crippen molar-refractivity contribution in [3.63, 3.8) is 0 Å². The zero-order valence-corrected chi connectivity index (χ0v) is 10.3. The van der Waals surface area contributed by atoms with E-state index in [1.165, 1.54) is 6.07 Å². The van der Waals surface area contributed by atoms with Crippen LogP contribution in [0.2, 0.25) is 0 Å². The summed E-state index contributed by atoms with van der Waals surface area (Å²) in [6, 6.07) is 4.63. The minimum absolute atomic E-state index is 0.0900. The molecule has 1 amide bonds. The first-order valence-corrected chi connectivity index (χ1v) is 6.15. The van der Waals surface area contributed by atoms with Crippen molar-refractivity contribution in [2.75, 3.05) is 0 Å². The first-order chi connectivity index (χ1) is 8.06. The number of amides is 1. The van der Waals surface area contributed by atoms with Gasteiger partial charge in [0.15, 0.2) is 0 Å². The van der Waals surface area contributed by atoms with Crippen molar-refractivity contribution in [2.45, 2.75) is 45.1 Å². The number of rotatable bonds is 3. The Kier molecular flexibility index (Phi) is 3.18. The Hall–Kier alpha value is -1.38. The second kappa shape index (κ2) is 4.47. The molecule has 3 heteroatoms. The van der Waals surface area contributed by atoms with Crippen LogP contribution in [0.3, 0.4) is 0 Å². The first kappa shape index (κ1) is 12.1. The van der Waals surface area contributed by atoms with Gasteiger partial charge in [0.2, 0.25) is 0 Å². The predicted octanol–water partition coefficient (Wildman–Crippen LogP) is 3.20. The highest BCUT2D eigenvalue weighted by atomic mass is 19.1. The summed E-state index contributed by atoms with van der Waals surface area (Å²) in [6.07, 6.45) is 4.06. The van der Waals surface area contributed by atoms with Gasteiger partial charge in [0.25, 0.3) is 5.91 Å². The fourth-order valence-corrected chi connectivity index (χ4v) is 2.29. The van der Waals surface area contributed by atoms with E-state index < -0.39 is 5.82 Å². The molecular weight excluding hydrogens is 217 g/mol. The number of nitrogens with one attached hydrogen (secondary N) is 1. The highest BCUT2D eigenvalue weighted by molar-refractivity contribution is 5.95. The Balaban J connectivity index is 2.17. The second-order valence-corrected chi connectivity index (χ2v) is 4.92. The van der Waals surface area contributed by atoms with Gasteiger partial charge in [0.1, 0.15) is 5.82 Å². The molecule has 0 unspecified atom stereocenters. The van der Waals surface area contributed by atoms with Crippen molar-refractivity contribution >= 4 is 5.91 Å². The molecule has 1 aliphatic rings. The van der Waals surface area contributed by atoms with Gasteiger partial charge >= 0.3 is 0 Å². The standard InChI is InChI=1S/C14H18FNO/c1-3-14(7-4-8-14)16-13(17)11-9-10(2)5-6-12(11)15/h5-6,9H,3-4,7-8H2,1-2H3,(H,16,17). The average Bonchev–Trinajstić information content (AvgIpc) is 2.26. The van der Waals surface area contributed by atoms with Gasteiger partial charge in [-0.2, -0.15) is 0 Å². The summed E-state index contributed by atoms with van der Waals surface area (Å²) < 4.78 is 13.6. The zero-order valence-electron chi connectivity index (χ0n) is 10.3.